The normalized spacial score (nSPS) is 11.2. The molecule has 0 saturated carbocycles. The molecular formula is C12H14N2O2. The van der Waals surface area contributed by atoms with Crippen LogP contribution < -0.4 is 0 Å². The Labute approximate surface area is 93.5 Å². The van der Waals surface area contributed by atoms with Crippen LogP contribution in [-0.2, 0) is 0 Å². The molecule has 84 valence electrons. The summed E-state index contributed by atoms with van der Waals surface area (Å²) >= 11 is 0. The standard InChI is InChI=1S/C12H14N2O2/c1-7(2)14-9-6-4-5-8(3)10(9)11(13-14)12(15)16/h4-7H,1-3H3,(H,15,16). The minimum Gasteiger partial charge on any atom is -0.476 e. The van der Waals surface area contributed by atoms with Crippen LogP contribution in [0.2, 0.25) is 0 Å². The van der Waals surface area contributed by atoms with Crippen LogP contribution >= 0.6 is 0 Å². The molecular weight excluding hydrogens is 204 g/mol. The van der Waals surface area contributed by atoms with E-state index >= 15 is 0 Å². The Kier molecular flexibility index (Phi) is 2.42. The maximum Gasteiger partial charge on any atom is 0.357 e. The lowest BCUT2D eigenvalue weighted by Crippen LogP contribution is -2.05. The minimum absolute atomic E-state index is 0.141. The van der Waals surface area contributed by atoms with Gasteiger partial charge in [0.05, 0.1) is 5.52 Å². The number of rotatable bonds is 2. The fourth-order valence-corrected chi connectivity index (χ4v) is 1.91. The molecule has 1 N–H and O–H groups in total. The molecule has 4 heteroatoms. The summed E-state index contributed by atoms with van der Waals surface area (Å²) in [4.78, 5) is 11.1. The lowest BCUT2D eigenvalue weighted by atomic mass is 10.1. The molecule has 0 bridgehead atoms. The summed E-state index contributed by atoms with van der Waals surface area (Å²) in [7, 11) is 0. The van der Waals surface area contributed by atoms with Crippen molar-refractivity contribution in [1.82, 2.24) is 9.78 Å². The van der Waals surface area contributed by atoms with Crippen LogP contribution in [0, 0.1) is 6.92 Å². The summed E-state index contributed by atoms with van der Waals surface area (Å²) in [5.74, 6) is -0.973. The topological polar surface area (TPSA) is 55.1 Å². The Morgan fingerprint density at radius 1 is 1.44 bits per heavy atom. The van der Waals surface area contributed by atoms with Gasteiger partial charge in [-0.3, -0.25) is 4.68 Å². The first-order chi connectivity index (χ1) is 7.52. The molecule has 16 heavy (non-hydrogen) atoms. The first-order valence-electron chi connectivity index (χ1n) is 5.23. The molecule has 0 aliphatic carbocycles. The van der Waals surface area contributed by atoms with Gasteiger partial charge in [-0.15, -0.1) is 0 Å². The van der Waals surface area contributed by atoms with Crippen molar-refractivity contribution in [2.75, 3.05) is 0 Å². The molecule has 0 radical (unpaired) electrons. The maximum absolute atomic E-state index is 11.1. The number of fused-ring (bicyclic) bond motifs is 1. The third kappa shape index (κ3) is 1.46. The number of nitrogens with zero attached hydrogens (tertiary/aromatic N) is 2. The zero-order chi connectivity index (χ0) is 11.9. The number of benzene rings is 1. The van der Waals surface area contributed by atoms with Gasteiger partial charge < -0.3 is 5.11 Å². The number of carboxylic acids is 1. The molecule has 0 unspecified atom stereocenters. The monoisotopic (exact) mass is 218 g/mol. The van der Waals surface area contributed by atoms with Crippen molar-refractivity contribution in [2.24, 2.45) is 0 Å². The fourth-order valence-electron chi connectivity index (χ4n) is 1.91. The summed E-state index contributed by atoms with van der Waals surface area (Å²) in [6.45, 7) is 5.88. The van der Waals surface area contributed by atoms with E-state index in [9.17, 15) is 4.79 Å². The lowest BCUT2D eigenvalue weighted by molar-refractivity contribution is 0.0691. The Morgan fingerprint density at radius 2 is 2.12 bits per heavy atom. The van der Waals surface area contributed by atoms with E-state index in [1.54, 1.807) is 4.68 Å². The summed E-state index contributed by atoms with van der Waals surface area (Å²) in [6.07, 6.45) is 0. The number of aromatic carboxylic acids is 1. The molecule has 2 rings (SSSR count). The van der Waals surface area contributed by atoms with Gasteiger partial charge in [0.15, 0.2) is 5.69 Å². The zero-order valence-corrected chi connectivity index (χ0v) is 9.56. The maximum atomic E-state index is 11.1. The number of carbonyl (C=O) groups is 1. The van der Waals surface area contributed by atoms with E-state index in [4.69, 9.17) is 5.11 Å². The van der Waals surface area contributed by atoms with Gasteiger partial charge in [0, 0.05) is 11.4 Å². The molecule has 0 fully saturated rings. The predicted octanol–water partition coefficient (Wildman–Crippen LogP) is 2.62. The zero-order valence-electron chi connectivity index (χ0n) is 9.56. The highest BCUT2D eigenvalue weighted by atomic mass is 16.4. The lowest BCUT2D eigenvalue weighted by Gasteiger charge is -2.06. The second kappa shape index (κ2) is 3.63. The third-order valence-corrected chi connectivity index (χ3v) is 2.63. The summed E-state index contributed by atoms with van der Waals surface area (Å²) in [5.41, 5.74) is 1.97. The number of aryl methyl sites for hydroxylation is 1. The smallest absolute Gasteiger partial charge is 0.357 e. The number of carboxylic acid groups (broad SMARTS) is 1. The van der Waals surface area contributed by atoms with Gasteiger partial charge in [-0.25, -0.2) is 4.79 Å². The molecule has 1 aromatic carbocycles. The minimum atomic E-state index is -0.973. The van der Waals surface area contributed by atoms with Crippen LogP contribution in [0.25, 0.3) is 10.9 Å². The number of aromatic nitrogens is 2. The van der Waals surface area contributed by atoms with Crippen molar-refractivity contribution in [1.29, 1.82) is 0 Å². The van der Waals surface area contributed by atoms with Crippen LogP contribution in [0.15, 0.2) is 18.2 Å². The molecule has 1 aromatic heterocycles. The van der Waals surface area contributed by atoms with Gasteiger partial charge in [-0.05, 0) is 32.4 Å². The quantitative estimate of drug-likeness (QED) is 0.843. The van der Waals surface area contributed by atoms with Gasteiger partial charge in [-0.2, -0.15) is 5.10 Å². The van der Waals surface area contributed by atoms with Crippen LogP contribution in [0.5, 0.6) is 0 Å². The van der Waals surface area contributed by atoms with Crippen molar-refractivity contribution in [3.8, 4) is 0 Å². The summed E-state index contributed by atoms with van der Waals surface area (Å²) in [6, 6.07) is 5.88. The van der Waals surface area contributed by atoms with Crippen molar-refractivity contribution < 1.29 is 9.90 Å². The predicted molar refractivity (Wildman–Crippen MR) is 61.8 cm³/mol. The first kappa shape index (κ1) is 10.7. The highest BCUT2D eigenvalue weighted by Gasteiger charge is 2.18. The molecule has 0 spiro atoms. The molecule has 2 aromatic rings. The van der Waals surface area contributed by atoms with Crippen LogP contribution in [0.4, 0.5) is 0 Å². The Bertz CT molecular complexity index is 555. The van der Waals surface area contributed by atoms with Crippen molar-refractivity contribution in [3.63, 3.8) is 0 Å². The molecule has 0 aliphatic rings. The van der Waals surface area contributed by atoms with Crippen molar-refractivity contribution in [3.05, 3.63) is 29.5 Å². The van der Waals surface area contributed by atoms with Gasteiger partial charge in [0.1, 0.15) is 0 Å². The van der Waals surface area contributed by atoms with E-state index in [1.165, 1.54) is 0 Å². The van der Waals surface area contributed by atoms with E-state index in [0.717, 1.165) is 16.5 Å². The first-order valence-corrected chi connectivity index (χ1v) is 5.23. The van der Waals surface area contributed by atoms with Crippen LogP contribution in [0.1, 0.15) is 35.9 Å². The van der Waals surface area contributed by atoms with E-state index in [-0.39, 0.29) is 11.7 Å². The van der Waals surface area contributed by atoms with Gasteiger partial charge in [0.2, 0.25) is 0 Å². The van der Waals surface area contributed by atoms with E-state index < -0.39 is 5.97 Å². The highest BCUT2D eigenvalue weighted by molar-refractivity contribution is 6.02. The molecule has 1 heterocycles. The number of hydrogen-bond donors (Lipinski definition) is 1. The SMILES string of the molecule is Cc1cccc2c1c(C(=O)O)nn2C(C)C. The molecule has 0 saturated heterocycles. The largest absolute Gasteiger partial charge is 0.476 e. The van der Waals surface area contributed by atoms with E-state index in [1.807, 2.05) is 39.0 Å². The Hall–Kier alpha value is -1.84. The van der Waals surface area contributed by atoms with E-state index in [0.29, 0.717) is 0 Å². The molecule has 0 amide bonds. The van der Waals surface area contributed by atoms with Gasteiger partial charge in [0.25, 0.3) is 0 Å². The third-order valence-electron chi connectivity index (χ3n) is 2.63. The van der Waals surface area contributed by atoms with Crippen molar-refractivity contribution in [2.45, 2.75) is 26.8 Å². The highest BCUT2D eigenvalue weighted by Crippen LogP contribution is 2.24. The second-order valence-electron chi connectivity index (χ2n) is 4.16. The van der Waals surface area contributed by atoms with Gasteiger partial charge in [-0.1, -0.05) is 12.1 Å². The Balaban J connectivity index is 2.87. The average molecular weight is 218 g/mol. The van der Waals surface area contributed by atoms with E-state index in [2.05, 4.69) is 5.10 Å². The Morgan fingerprint density at radius 3 is 2.69 bits per heavy atom. The van der Waals surface area contributed by atoms with Crippen LogP contribution in [-0.4, -0.2) is 20.9 Å². The second-order valence-corrected chi connectivity index (χ2v) is 4.16. The van der Waals surface area contributed by atoms with Crippen molar-refractivity contribution >= 4 is 16.9 Å². The molecule has 0 atom stereocenters. The summed E-state index contributed by atoms with van der Waals surface area (Å²) in [5, 5.41) is 14.0. The number of hydrogen-bond acceptors (Lipinski definition) is 2. The van der Waals surface area contributed by atoms with Gasteiger partial charge >= 0.3 is 5.97 Å². The average Bonchev–Trinajstić information content (AvgIpc) is 2.58. The molecule has 4 nitrogen and oxygen atoms in total. The summed E-state index contributed by atoms with van der Waals surface area (Å²) < 4.78 is 1.76. The molecule has 0 aliphatic heterocycles. The van der Waals surface area contributed by atoms with Crippen LogP contribution in [0.3, 0.4) is 0 Å². The fraction of sp³-hybridized carbons (Fsp3) is 0.333.